The Morgan fingerprint density at radius 2 is 1.48 bits per heavy atom. The third-order valence-electron chi connectivity index (χ3n) is 11.8. The summed E-state index contributed by atoms with van der Waals surface area (Å²) < 4.78 is 18.2. The van der Waals surface area contributed by atoms with Crippen LogP contribution in [-0.4, -0.2) is 116 Å². The Morgan fingerprint density at radius 3 is 2.08 bits per heavy atom. The molecule has 0 saturated heterocycles. The Hall–Kier alpha value is -7.14. The molecule has 0 fully saturated rings. The van der Waals surface area contributed by atoms with E-state index in [4.69, 9.17) is 31.4 Å². The third-order valence-corrected chi connectivity index (χ3v) is 11.8. The Labute approximate surface area is 416 Å². The van der Waals surface area contributed by atoms with Gasteiger partial charge in [-0.1, -0.05) is 32.9 Å². The number of aromatic nitrogens is 2. The van der Waals surface area contributed by atoms with Gasteiger partial charge < -0.3 is 57.6 Å². The summed E-state index contributed by atoms with van der Waals surface area (Å²) in [7, 11) is 1.42. The van der Waals surface area contributed by atoms with Gasteiger partial charge in [-0.25, -0.2) is 9.97 Å². The molecule has 4 atom stereocenters. The molecule has 5 rings (SSSR count). The van der Waals surface area contributed by atoms with Crippen molar-refractivity contribution in [2.45, 2.75) is 97.8 Å². The van der Waals surface area contributed by atoms with Crippen LogP contribution in [0.1, 0.15) is 92.3 Å². The van der Waals surface area contributed by atoms with Crippen LogP contribution in [-0.2, 0) is 25.6 Å². The second kappa shape index (κ2) is 25.6. The summed E-state index contributed by atoms with van der Waals surface area (Å²) >= 11 is 0. The molecule has 2 heterocycles. The molecule has 1 aromatic heterocycles. The van der Waals surface area contributed by atoms with E-state index in [0.29, 0.717) is 57.6 Å². The first kappa shape index (κ1) is 54.8. The normalized spacial score (nSPS) is 16.3. The lowest BCUT2D eigenvalue weighted by Gasteiger charge is -2.32. The summed E-state index contributed by atoms with van der Waals surface area (Å²) in [5.74, 6) is -1.47. The first-order valence-corrected chi connectivity index (χ1v) is 23.9. The average molecular weight is 976 g/mol. The van der Waals surface area contributed by atoms with Gasteiger partial charge >= 0.3 is 0 Å². The maximum absolute atomic E-state index is 14.8. The standard InChI is InChI=1S/C52H69N11O8/c1-31-44(32(2)59-46(58-31)35-11-14-37(15-12-35)69-25-9-8-19-52(4,5)6)49(66)61-40(18-20-53)51(68)63(7)45-36-13-17-43(71-27-23-56)39(30-36)38-28-34(10-16-42(38)70-26-22-55)29-41(48(65)57-24-21-54)62-47(64)33(3)60-50(45)67/h10-17,28,30,33,40-41,45H,8-9,18-20,22-27,29,53,55-56H2,1-7H3,(H,57,65)(H,60,67)(H,61,66)(H,62,64)/t33-,40-,41-,45-/m0/s1. The monoisotopic (exact) mass is 976 g/mol. The van der Waals surface area contributed by atoms with Crippen LogP contribution < -0.4 is 52.7 Å². The molecule has 1 aliphatic rings. The van der Waals surface area contributed by atoms with E-state index in [9.17, 15) is 29.2 Å². The number of nitrogens with two attached hydrogens (primary N) is 3. The van der Waals surface area contributed by atoms with Crippen LogP contribution in [0.4, 0.5) is 0 Å². The number of fused-ring (bicyclic) bond motifs is 5. The van der Waals surface area contributed by atoms with E-state index in [-0.39, 0.29) is 63.2 Å². The molecular weight excluding hydrogens is 907 g/mol. The second-order valence-electron chi connectivity index (χ2n) is 18.7. The minimum atomic E-state index is -1.41. The zero-order valence-corrected chi connectivity index (χ0v) is 41.9. The molecule has 71 heavy (non-hydrogen) atoms. The molecule has 0 spiro atoms. The number of ether oxygens (including phenoxy) is 3. The molecule has 0 radical (unpaired) electrons. The highest BCUT2D eigenvalue weighted by Gasteiger charge is 2.36. The van der Waals surface area contributed by atoms with Crippen molar-refractivity contribution in [1.82, 2.24) is 36.1 Å². The molecule has 19 nitrogen and oxygen atoms in total. The lowest BCUT2D eigenvalue weighted by molar-refractivity contribution is -0.141. The maximum Gasteiger partial charge on any atom is 0.255 e. The Bertz CT molecular complexity index is 2540. The number of hydrogen-bond acceptors (Lipinski definition) is 14. The molecule has 0 saturated carbocycles. The van der Waals surface area contributed by atoms with Crippen LogP contribution in [0.2, 0.25) is 0 Å². The zero-order chi connectivity index (χ0) is 51.8. The molecular formula is C52H69N11O8. The van der Waals surface area contributed by atoms with Crippen LogP contribution in [0, 0.1) is 30.6 Å². The number of hydrogen-bond donors (Lipinski definition) is 7. The van der Waals surface area contributed by atoms with E-state index in [1.807, 2.05) is 30.3 Å². The third kappa shape index (κ3) is 14.9. The molecule has 19 heteroatoms. The van der Waals surface area contributed by atoms with Crippen molar-refractivity contribution in [1.29, 1.82) is 5.26 Å². The van der Waals surface area contributed by atoms with Gasteiger partial charge in [0.25, 0.3) is 5.91 Å². The lowest BCUT2D eigenvalue weighted by Crippen LogP contribution is -2.56. The Morgan fingerprint density at radius 1 is 0.845 bits per heavy atom. The number of nitriles is 1. The number of benzene rings is 3. The van der Waals surface area contributed by atoms with Gasteiger partial charge in [0.05, 0.1) is 29.6 Å². The van der Waals surface area contributed by atoms with Crippen LogP contribution in [0.25, 0.3) is 22.5 Å². The summed E-state index contributed by atoms with van der Waals surface area (Å²) in [5, 5.41) is 20.0. The molecule has 380 valence electrons. The molecule has 10 N–H and O–H groups in total. The molecule has 4 aromatic rings. The van der Waals surface area contributed by atoms with Gasteiger partial charge in [0.2, 0.25) is 23.6 Å². The van der Waals surface area contributed by atoms with E-state index < -0.39 is 53.7 Å². The van der Waals surface area contributed by atoms with Gasteiger partial charge in [-0.2, -0.15) is 5.26 Å². The first-order valence-electron chi connectivity index (χ1n) is 23.9. The summed E-state index contributed by atoms with van der Waals surface area (Å²) in [5.41, 5.74) is 21.5. The fraction of sp³-hybridized carbons (Fsp3) is 0.462. The van der Waals surface area contributed by atoms with Gasteiger partial charge in [-0.3, -0.25) is 24.0 Å². The largest absolute Gasteiger partial charge is 0.494 e. The number of likely N-dealkylation sites (N-methyl/N-ethyl adjacent to an activating group) is 1. The highest BCUT2D eigenvalue weighted by Crippen LogP contribution is 2.40. The summed E-state index contributed by atoms with van der Waals surface area (Å²) in [6, 6.07) is 14.4. The van der Waals surface area contributed by atoms with Crippen molar-refractivity contribution < 1.29 is 38.2 Å². The molecule has 0 aliphatic carbocycles. The number of carbonyl (C=O) groups is 5. The van der Waals surface area contributed by atoms with E-state index in [2.05, 4.69) is 52.0 Å². The van der Waals surface area contributed by atoms with E-state index >= 15 is 0 Å². The second-order valence-corrected chi connectivity index (χ2v) is 18.7. The quantitative estimate of drug-likeness (QED) is 0.0493. The number of aryl methyl sites for hydroxylation is 2. The van der Waals surface area contributed by atoms with Crippen molar-refractivity contribution in [3.63, 3.8) is 0 Å². The summed E-state index contributed by atoms with van der Waals surface area (Å²) in [4.78, 5) is 81.3. The van der Waals surface area contributed by atoms with Crippen molar-refractivity contribution in [2.24, 2.45) is 22.6 Å². The van der Waals surface area contributed by atoms with Crippen LogP contribution in [0.15, 0.2) is 60.7 Å². The zero-order valence-electron chi connectivity index (χ0n) is 41.9. The minimum absolute atomic E-state index is 0.00199. The summed E-state index contributed by atoms with van der Waals surface area (Å²) in [6.07, 6.45) is 3.13. The van der Waals surface area contributed by atoms with Crippen molar-refractivity contribution in [3.05, 3.63) is 88.7 Å². The number of amides is 5. The van der Waals surface area contributed by atoms with Gasteiger partial charge in [0.15, 0.2) is 5.82 Å². The lowest BCUT2D eigenvalue weighted by atomic mass is 9.90. The SMILES string of the molecule is Cc1nc(-c2ccc(OCCCCC(C)(C)C)cc2)nc(C)c1C(=O)N[C@@H](CCN)C(=O)N(C)[C@@H]1C(=O)N[C@@H](C)C(=O)N[C@H](C(=O)NCC#N)Cc2ccc(OCCN)c(c2)-c2cc1ccc2OCCN. The van der Waals surface area contributed by atoms with Crippen LogP contribution in [0.3, 0.4) is 0 Å². The Balaban J connectivity index is 1.48. The minimum Gasteiger partial charge on any atom is -0.494 e. The van der Waals surface area contributed by atoms with Gasteiger partial charge in [0.1, 0.15) is 61.2 Å². The highest BCUT2D eigenvalue weighted by molar-refractivity contribution is 6.00. The predicted octanol–water partition coefficient (Wildman–Crippen LogP) is 3.53. The number of rotatable bonds is 20. The summed E-state index contributed by atoms with van der Waals surface area (Å²) in [6.45, 7) is 12.4. The van der Waals surface area contributed by atoms with Gasteiger partial charge in [-0.05, 0) is 118 Å². The molecule has 1 aliphatic heterocycles. The Kier molecular flexibility index (Phi) is 19.8. The topological polar surface area (TPSA) is 292 Å². The molecule has 5 amide bonds. The van der Waals surface area contributed by atoms with Gasteiger partial charge in [0, 0.05) is 43.2 Å². The maximum atomic E-state index is 14.8. The van der Waals surface area contributed by atoms with Crippen molar-refractivity contribution in [3.8, 4) is 45.8 Å². The van der Waals surface area contributed by atoms with E-state index in [1.54, 1.807) is 50.2 Å². The van der Waals surface area contributed by atoms with Crippen LogP contribution >= 0.6 is 0 Å². The molecule has 4 bridgehead atoms. The van der Waals surface area contributed by atoms with E-state index in [1.165, 1.54) is 18.9 Å². The highest BCUT2D eigenvalue weighted by atomic mass is 16.5. The predicted molar refractivity (Wildman–Crippen MR) is 269 cm³/mol. The van der Waals surface area contributed by atoms with E-state index in [0.717, 1.165) is 30.6 Å². The number of unbranched alkanes of at least 4 members (excludes halogenated alkanes) is 1. The first-order chi connectivity index (χ1) is 33.9. The van der Waals surface area contributed by atoms with Crippen molar-refractivity contribution >= 4 is 29.5 Å². The van der Waals surface area contributed by atoms with Crippen molar-refractivity contribution in [2.75, 3.05) is 53.0 Å². The smallest absolute Gasteiger partial charge is 0.255 e. The van der Waals surface area contributed by atoms with Gasteiger partial charge in [-0.15, -0.1) is 0 Å². The number of carbonyl (C=O) groups excluding carboxylic acids is 5. The number of nitrogens with zero attached hydrogens (tertiary/aromatic N) is 4. The molecule has 0 unspecified atom stereocenters. The van der Waals surface area contributed by atoms with Crippen LogP contribution in [0.5, 0.6) is 17.2 Å². The molecule has 3 aromatic carbocycles. The fourth-order valence-corrected chi connectivity index (χ4v) is 8.18. The average Bonchev–Trinajstić information content (AvgIpc) is 3.33. The number of nitrogens with one attached hydrogen (secondary N) is 4. The fourth-order valence-electron chi connectivity index (χ4n) is 8.18.